The van der Waals surface area contributed by atoms with Gasteiger partial charge in [-0.15, -0.1) is 13.2 Å². The Balaban J connectivity index is 1.71. The lowest BCUT2D eigenvalue weighted by Gasteiger charge is -2.19. The van der Waals surface area contributed by atoms with Crippen molar-refractivity contribution in [3.8, 4) is 22.9 Å². The summed E-state index contributed by atoms with van der Waals surface area (Å²) in [4.78, 5) is 15.6. The van der Waals surface area contributed by atoms with E-state index in [2.05, 4.69) is 10.3 Å². The van der Waals surface area contributed by atoms with Crippen molar-refractivity contribution >= 4 is 11.8 Å². The average molecular weight is 419 g/mol. The number of benzene rings is 2. The van der Waals surface area contributed by atoms with Gasteiger partial charge in [0, 0.05) is 23.6 Å². The molecule has 6 nitrogen and oxygen atoms in total. The maximum atomic E-state index is 13.1. The molecule has 30 heavy (non-hydrogen) atoms. The summed E-state index contributed by atoms with van der Waals surface area (Å²) >= 11 is 0. The lowest BCUT2D eigenvalue weighted by molar-refractivity contribution is -0.202. The summed E-state index contributed by atoms with van der Waals surface area (Å²) < 4.78 is 50.3. The molecule has 3 aromatic rings. The molecular formula is C21H20F3N3O3. The van der Waals surface area contributed by atoms with Gasteiger partial charge < -0.3 is 9.47 Å². The summed E-state index contributed by atoms with van der Waals surface area (Å²) in [6, 6.07) is 12.7. The third-order valence-corrected chi connectivity index (χ3v) is 3.74. The predicted molar refractivity (Wildman–Crippen MR) is 105 cm³/mol. The van der Waals surface area contributed by atoms with Crippen LogP contribution >= 0.6 is 0 Å². The van der Waals surface area contributed by atoms with E-state index in [1.54, 1.807) is 57.2 Å². The average Bonchev–Trinajstić information content (AvgIpc) is 3.12. The van der Waals surface area contributed by atoms with Crippen LogP contribution in [0.5, 0.6) is 11.5 Å². The first-order valence-electron chi connectivity index (χ1n) is 9.00. The first kappa shape index (κ1) is 21.2. The number of aromatic nitrogens is 2. The Morgan fingerprint density at radius 3 is 2.37 bits per heavy atom. The van der Waals surface area contributed by atoms with Crippen LogP contribution in [0.25, 0.3) is 11.4 Å². The Labute approximate surface area is 171 Å². The molecule has 158 valence electrons. The highest BCUT2D eigenvalue weighted by atomic mass is 19.4. The van der Waals surface area contributed by atoms with Gasteiger partial charge in [0.25, 0.3) is 0 Å². The number of anilines is 1. The lowest BCUT2D eigenvalue weighted by Crippen LogP contribution is -2.27. The normalized spacial score (nSPS) is 11.8. The summed E-state index contributed by atoms with van der Waals surface area (Å²) in [5, 5.41) is 2.60. The molecule has 0 aliphatic carbocycles. The van der Waals surface area contributed by atoms with E-state index in [9.17, 15) is 18.0 Å². The minimum absolute atomic E-state index is 0.142. The number of amides is 1. The van der Waals surface area contributed by atoms with Gasteiger partial charge in [0.2, 0.25) is 0 Å². The molecule has 0 aliphatic heterocycles. The second-order valence-corrected chi connectivity index (χ2v) is 7.37. The van der Waals surface area contributed by atoms with Gasteiger partial charge in [-0.05, 0) is 57.2 Å². The van der Waals surface area contributed by atoms with E-state index in [1.807, 2.05) is 0 Å². The fourth-order valence-electron chi connectivity index (χ4n) is 2.58. The molecule has 0 unspecified atom stereocenters. The van der Waals surface area contributed by atoms with Crippen molar-refractivity contribution < 1.29 is 27.4 Å². The minimum Gasteiger partial charge on any atom is -0.457 e. The fourth-order valence-corrected chi connectivity index (χ4v) is 2.58. The molecule has 3 rings (SSSR count). The summed E-state index contributed by atoms with van der Waals surface area (Å²) in [6.45, 7) is 5.29. The topological polar surface area (TPSA) is 65.4 Å². The summed E-state index contributed by atoms with van der Waals surface area (Å²) in [6.07, 6.45) is -3.20. The number of nitrogens with zero attached hydrogens (tertiary/aromatic N) is 2. The zero-order valence-electron chi connectivity index (χ0n) is 16.5. The second kappa shape index (κ2) is 8.10. The second-order valence-electron chi connectivity index (χ2n) is 7.37. The largest absolute Gasteiger partial charge is 0.490 e. The van der Waals surface area contributed by atoms with Gasteiger partial charge >= 0.3 is 12.4 Å². The van der Waals surface area contributed by atoms with Crippen LogP contribution < -0.4 is 10.1 Å². The highest BCUT2D eigenvalue weighted by Crippen LogP contribution is 2.31. The maximum absolute atomic E-state index is 13.1. The van der Waals surface area contributed by atoms with Crippen LogP contribution in [0.3, 0.4) is 0 Å². The number of ether oxygens (including phenoxy) is 2. The molecule has 0 aliphatic rings. The van der Waals surface area contributed by atoms with Crippen molar-refractivity contribution in [3.63, 3.8) is 0 Å². The number of nitrogens with one attached hydrogen (secondary N) is 1. The van der Waals surface area contributed by atoms with Crippen LogP contribution in [-0.2, 0) is 11.0 Å². The Morgan fingerprint density at radius 1 is 1.03 bits per heavy atom. The SMILES string of the molecule is CC(C)(C)OC(=O)Nc1ccc(Oc2cccc(-c3nccn3C(F)(F)F)c2)cc1. The van der Waals surface area contributed by atoms with Crippen LogP contribution in [-0.4, -0.2) is 21.2 Å². The quantitative estimate of drug-likeness (QED) is 0.550. The van der Waals surface area contributed by atoms with E-state index in [-0.39, 0.29) is 16.0 Å². The number of alkyl halides is 3. The number of carbonyl (C=O) groups is 1. The molecule has 9 heteroatoms. The van der Waals surface area contributed by atoms with Gasteiger partial charge in [-0.3, -0.25) is 5.32 Å². The van der Waals surface area contributed by atoms with Crippen molar-refractivity contribution in [1.29, 1.82) is 0 Å². The van der Waals surface area contributed by atoms with E-state index in [1.165, 1.54) is 12.1 Å². The van der Waals surface area contributed by atoms with Gasteiger partial charge in [-0.2, -0.15) is 0 Å². The van der Waals surface area contributed by atoms with Crippen LogP contribution in [0.4, 0.5) is 23.7 Å². The van der Waals surface area contributed by atoms with Gasteiger partial charge in [0.1, 0.15) is 22.9 Å². The Bertz CT molecular complexity index is 1020. The number of hydrogen-bond donors (Lipinski definition) is 1. The molecule has 2 aromatic carbocycles. The lowest BCUT2D eigenvalue weighted by atomic mass is 10.2. The number of halogens is 3. The van der Waals surface area contributed by atoms with Crippen LogP contribution in [0, 0.1) is 0 Å². The monoisotopic (exact) mass is 419 g/mol. The van der Waals surface area contributed by atoms with Crippen LogP contribution in [0.1, 0.15) is 20.8 Å². The molecule has 0 atom stereocenters. The smallest absolute Gasteiger partial charge is 0.457 e. The molecule has 0 saturated carbocycles. The van der Waals surface area contributed by atoms with Crippen LogP contribution in [0.2, 0.25) is 0 Å². The Morgan fingerprint density at radius 2 is 1.73 bits per heavy atom. The van der Waals surface area contributed by atoms with Gasteiger partial charge in [-0.25, -0.2) is 14.3 Å². The zero-order chi connectivity index (χ0) is 21.9. The molecule has 0 bridgehead atoms. The molecule has 0 spiro atoms. The number of rotatable bonds is 4. The zero-order valence-corrected chi connectivity index (χ0v) is 16.5. The molecule has 1 N–H and O–H groups in total. The van der Waals surface area contributed by atoms with Gasteiger partial charge in [-0.1, -0.05) is 12.1 Å². The van der Waals surface area contributed by atoms with Crippen molar-refractivity contribution in [2.75, 3.05) is 5.32 Å². The van der Waals surface area contributed by atoms with Crippen molar-refractivity contribution in [2.24, 2.45) is 0 Å². The molecule has 1 aromatic heterocycles. The molecular weight excluding hydrogens is 399 g/mol. The van der Waals surface area contributed by atoms with E-state index < -0.39 is 18.0 Å². The van der Waals surface area contributed by atoms with Crippen molar-refractivity contribution in [2.45, 2.75) is 32.7 Å². The molecule has 0 fully saturated rings. The van der Waals surface area contributed by atoms with E-state index in [4.69, 9.17) is 9.47 Å². The first-order chi connectivity index (χ1) is 14.0. The van der Waals surface area contributed by atoms with Gasteiger partial charge in [0.15, 0.2) is 0 Å². The summed E-state index contributed by atoms with van der Waals surface area (Å²) in [5.41, 5.74) is 0.162. The highest BCUT2D eigenvalue weighted by Gasteiger charge is 2.33. The van der Waals surface area contributed by atoms with Crippen molar-refractivity contribution in [1.82, 2.24) is 9.55 Å². The van der Waals surface area contributed by atoms with E-state index in [0.717, 1.165) is 12.4 Å². The number of hydrogen-bond acceptors (Lipinski definition) is 4. The highest BCUT2D eigenvalue weighted by molar-refractivity contribution is 5.84. The van der Waals surface area contributed by atoms with Gasteiger partial charge in [0.05, 0.1) is 0 Å². The van der Waals surface area contributed by atoms with E-state index >= 15 is 0 Å². The third-order valence-electron chi connectivity index (χ3n) is 3.74. The summed E-state index contributed by atoms with van der Waals surface area (Å²) in [7, 11) is 0. The predicted octanol–water partition coefficient (Wildman–Crippen LogP) is 6.17. The number of carbonyl (C=O) groups excluding carboxylic acids is 1. The van der Waals surface area contributed by atoms with E-state index in [0.29, 0.717) is 17.2 Å². The molecule has 0 saturated heterocycles. The maximum Gasteiger partial charge on any atom is 0.490 e. The molecule has 1 amide bonds. The first-order valence-corrected chi connectivity index (χ1v) is 9.00. The standard InChI is InChI=1S/C21H20F3N3O3/c1-20(2,3)30-19(28)26-15-7-9-16(10-8-15)29-17-6-4-5-14(13-17)18-25-11-12-27(18)21(22,23)24/h4-13H,1-3H3,(H,26,28). The van der Waals surface area contributed by atoms with Crippen molar-refractivity contribution in [3.05, 3.63) is 60.9 Å². The fraction of sp³-hybridized carbons (Fsp3) is 0.238. The summed E-state index contributed by atoms with van der Waals surface area (Å²) in [5.74, 6) is 0.558. The Hall–Kier alpha value is -3.49. The van der Waals surface area contributed by atoms with Crippen LogP contribution in [0.15, 0.2) is 60.9 Å². The third kappa shape index (κ3) is 5.53. The molecule has 0 radical (unpaired) electrons. The Kier molecular flexibility index (Phi) is 5.73. The molecule has 1 heterocycles. The minimum atomic E-state index is -4.57. The number of imidazole rings is 1.